The SMILES string of the molecule is CC1CCCCN1c1nnc2ccc(O[C@@H]3CC[C@H](NC(=O)Nc4cc(C(C)(C)C)nn4-c4cccc(O[C@H](C)CO)c4)c4ccccc43)cn12. The van der Waals surface area contributed by atoms with E-state index in [1.54, 1.807) is 11.6 Å². The van der Waals surface area contributed by atoms with Crippen molar-refractivity contribution in [1.29, 1.82) is 0 Å². The molecule has 2 aliphatic rings. The van der Waals surface area contributed by atoms with E-state index in [4.69, 9.17) is 14.6 Å². The third kappa shape index (κ3) is 7.37. The van der Waals surface area contributed by atoms with E-state index in [9.17, 15) is 9.90 Å². The third-order valence-corrected chi connectivity index (χ3v) is 9.81. The van der Waals surface area contributed by atoms with Crippen molar-refractivity contribution in [3.8, 4) is 17.2 Å². The van der Waals surface area contributed by atoms with Crippen LogP contribution >= 0.6 is 0 Å². The lowest BCUT2D eigenvalue weighted by Gasteiger charge is -2.33. The fourth-order valence-corrected chi connectivity index (χ4v) is 7.01. The van der Waals surface area contributed by atoms with Crippen LogP contribution in [0, 0.1) is 0 Å². The van der Waals surface area contributed by atoms with Crippen molar-refractivity contribution < 1.29 is 19.4 Å². The molecule has 0 saturated carbocycles. The predicted octanol–water partition coefficient (Wildman–Crippen LogP) is 7.13. The quantitative estimate of drug-likeness (QED) is 0.149. The zero-order valence-electron chi connectivity index (χ0n) is 30.0. The fourth-order valence-electron chi connectivity index (χ4n) is 7.01. The van der Waals surface area contributed by atoms with Crippen molar-refractivity contribution in [2.45, 2.75) is 96.4 Å². The van der Waals surface area contributed by atoms with Crippen molar-refractivity contribution >= 4 is 23.4 Å². The first kappa shape index (κ1) is 34.4. The summed E-state index contributed by atoms with van der Waals surface area (Å²) in [4.78, 5) is 16.0. The summed E-state index contributed by atoms with van der Waals surface area (Å²) in [5.74, 6) is 2.75. The minimum atomic E-state index is -0.353. The minimum absolute atomic E-state index is 0.0949. The Labute approximate surface area is 298 Å². The van der Waals surface area contributed by atoms with Crippen LogP contribution in [0.25, 0.3) is 11.3 Å². The van der Waals surface area contributed by atoms with Crippen LogP contribution in [-0.2, 0) is 5.41 Å². The standard InChI is InChI=1S/C39H48N8O4/c1-25-11-8-9-20-45(25)38-43-42-35-19-16-29(23-46(35)38)51-33-18-17-32(30-14-6-7-15-31(30)33)40-37(49)41-36-22-34(39(3,4)5)44-47(36)27-12-10-13-28(21-27)50-26(2)24-48/h6-7,10,12-16,19,21-23,25-26,32-33,48H,8-9,11,17-18,20,24H2,1-5H3,(H2,40,41,49)/t25?,26-,32+,33-/m1/s1. The molecule has 7 rings (SSSR count). The number of ether oxygens (including phenoxy) is 2. The Hall–Kier alpha value is -5.10. The van der Waals surface area contributed by atoms with Gasteiger partial charge >= 0.3 is 6.03 Å². The summed E-state index contributed by atoms with van der Waals surface area (Å²) in [5, 5.41) is 29.6. The molecule has 2 amide bonds. The molecule has 3 aromatic heterocycles. The lowest BCUT2D eigenvalue weighted by molar-refractivity contribution is 0.129. The minimum Gasteiger partial charge on any atom is -0.488 e. The maximum atomic E-state index is 13.7. The number of piperidine rings is 1. The van der Waals surface area contributed by atoms with E-state index in [0.717, 1.165) is 65.7 Å². The first-order valence-electron chi connectivity index (χ1n) is 18.0. The number of fused-ring (bicyclic) bond motifs is 2. The molecule has 1 saturated heterocycles. The predicted molar refractivity (Wildman–Crippen MR) is 197 cm³/mol. The molecule has 3 N–H and O–H groups in total. The number of aromatic nitrogens is 5. The van der Waals surface area contributed by atoms with Crippen LogP contribution in [0.15, 0.2) is 72.9 Å². The van der Waals surface area contributed by atoms with E-state index < -0.39 is 0 Å². The molecule has 12 heteroatoms. The van der Waals surface area contributed by atoms with Crippen molar-refractivity contribution in [1.82, 2.24) is 29.7 Å². The van der Waals surface area contributed by atoms with Crippen LogP contribution in [-0.4, -0.2) is 60.8 Å². The van der Waals surface area contributed by atoms with E-state index in [1.807, 2.05) is 65.2 Å². The van der Waals surface area contributed by atoms with Gasteiger partial charge in [0, 0.05) is 30.1 Å². The summed E-state index contributed by atoms with van der Waals surface area (Å²) in [6.45, 7) is 11.2. The Morgan fingerprint density at radius 2 is 1.80 bits per heavy atom. The van der Waals surface area contributed by atoms with Crippen molar-refractivity contribution in [3.05, 3.63) is 89.7 Å². The number of carbonyl (C=O) groups is 1. The number of nitrogens with zero attached hydrogens (tertiary/aromatic N) is 6. The molecule has 1 unspecified atom stereocenters. The average molecular weight is 693 g/mol. The van der Waals surface area contributed by atoms with Crippen LogP contribution in [0.2, 0.25) is 0 Å². The number of benzene rings is 2. The Bertz CT molecular complexity index is 2000. The van der Waals surface area contributed by atoms with Gasteiger partial charge in [-0.3, -0.25) is 9.72 Å². The van der Waals surface area contributed by atoms with Crippen LogP contribution in [0.3, 0.4) is 0 Å². The van der Waals surface area contributed by atoms with E-state index in [2.05, 4.69) is 65.6 Å². The molecule has 4 heterocycles. The molecule has 1 aliphatic heterocycles. The Morgan fingerprint density at radius 1 is 0.980 bits per heavy atom. The van der Waals surface area contributed by atoms with Crippen molar-refractivity contribution in [2.24, 2.45) is 0 Å². The van der Waals surface area contributed by atoms with Gasteiger partial charge in [0.2, 0.25) is 5.95 Å². The molecule has 51 heavy (non-hydrogen) atoms. The second kappa shape index (κ2) is 14.3. The molecule has 0 spiro atoms. The number of nitrogens with one attached hydrogen (secondary N) is 2. The zero-order chi connectivity index (χ0) is 35.7. The summed E-state index contributed by atoms with van der Waals surface area (Å²) in [7, 11) is 0. The van der Waals surface area contributed by atoms with Gasteiger partial charge in [0.25, 0.3) is 0 Å². The Kier molecular flexibility index (Phi) is 9.61. The summed E-state index contributed by atoms with van der Waals surface area (Å²) in [5.41, 5.74) is 4.19. The molecular weight excluding hydrogens is 644 g/mol. The maximum absolute atomic E-state index is 13.7. The van der Waals surface area contributed by atoms with Crippen LogP contribution < -0.4 is 25.0 Å². The summed E-state index contributed by atoms with van der Waals surface area (Å²) >= 11 is 0. The molecule has 12 nitrogen and oxygen atoms in total. The van der Waals surface area contributed by atoms with Crippen LogP contribution in [0.4, 0.5) is 16.6 Å². The van der Waals surface area contributed by atoms with Crippen molar-refractivity contribution in [2.75, 3.05) is 23.4 Å². The van der Waals surface area contributed by atoms with Crippen LogP contribution in [0.1, 0.15) is 95.7 Å². The van der Waals surface area contributed by atoms with E-state index in [-0.39, 0.29) is 36.3 Å². The second-order valence-corrected chi connectivity index (χ2v) is 14.8. The number of hydrogen-bond acceptors (Lipinski definition) is 8. The number of aliphatic hydroxyl groups is 1. The summed E-state index contributed by atoms with van der Waals surface area (Å²) in [6.07, 6.45) is 6.43. The molecule has 0 bridgehead atoms. The van der Waals surface area contributed by atoms with Gasteiger partial charge in [0.15, 0.2) is 5.65 Å². The molecule has 1 fully saturated rings. The fraction of sp³-hybridized carbons (Fsp3) is 0.436. The highest BCUT2D eigenvalue weighted by molar-refractivity contribution is 5.89. The molecule has 5 aromatic rings. The topological polar surface area (TPSA) is 131 Å². The highest BCUT2D eigenvalue weighted by atomic mass is 16.5. The van der Waals surface area contributed by atoms with E-state index in [0.29, 0.717) is 24.0 Å². The highest BCUT2D eigenvalue weighted by Gasteiger charge is 2.31. The number of rotatable bonds is 9. The lowest BCUT2D eigenvalue weighted by atomic mass is 9.85. The highest BCUT2D eigenvalue weighted by Crippen LogP contribution is 2.39. The number of pyridine rings is 1. The van der Waals surface area contributed by atoms with Gasteiger partial charge in [-0.2, -0.15) is 5.10 Å². The van der Waals surface area contributed by atoms with Gasteiger partial charge in [-0.1, -0.05) is 51.1 Å². The number of aliphatic hydroxyl groups excluding tert-OH is 1. The molecule has 1 aliphatic carbocycles. The molecule has 4 atom stereocenters. The normalized spacial score (nSPS) is 19.7. The van der Waals surface area contributed by atoms with Gasteiger partial charge in [0.05, 0.1) is 30.2 Å². The third-order valence-electron chi connectivity index (χ3n) is 9.81. The number of anilines is 2. The molecule has 268 valence electrons. The van der Waals surface area contributed by atoms with Crippen molar-refractivity contribution in [3.63, 3.8) is 0 Å². The molecule has 0 radical (unpaired) electrons. The summed E-state index contributed by atoms with van der Waals surface area (Å²) in [6, 6.07) is 21.3. The van der Waals surface area contributed by atoms with E-state index >= 15 is 0 Å². The van der Waals surface area contributed by atoms with Gasteiger partial charge < -0.3 is 24.8 Å². The second-order valence-electron chi connectivity index (χ2n) is 14.8. The van der Waals surface area contributed by atoms with Gasteiger partial charge in [-0.05, 0) is 81.3 Å². The monoisotopic (exact) mass is 692 g/mol. The Morgan fingerprint density at radius 3 is 2.59 bits per heavy atom. The largest absolute Gasteiger partial charge is 0.488 e. The number of urea groups is 1. The Balaban J connectivity index is 1.08. The zero-order valence-corrected chi connectivity index (χ0v) is 30.0. The smallest absolute Gasteiger partial charge is 0.320 e. The number of hydrogen-bond donors (Lipinski definition) is 3. The first-order chi connectivity index (χ1) is 24.6. The average Bonchev–Trinajstić information content (AvgIpc) is 3.74. The first-order valence-corrected chi connectivity index (χ1v) is 18.0. The molecular formula is C39H48N8O4. The van der Waals surface area contributed by atoms with Crippen LogP contribution in [0.5, 0.6) is 11.5 Å². The van der Waals surface area contributed by atoms with E-state index in [1.165, 1.54) is 6.42 Å². The summed E-state index contributed by atoms with van der Waals surface area (Å²) < 4.78 is 16.3. The van der Waals surface area contributed by atoms with Gasteiger partial charge in [-0.25, -0.2) is 9.48 Å². The lowest BCUT2D eigenvalue weighted by Crippen LogP contribution is -2.38. The molecule has 2 aromatic carbocycles. The number of carbonyl (C=O) groups excluding carboxylic acids is 1. The van der Waals surface area contributed by atoms with Gasteiger partial charge in [-0.15, -0.1) is 10.2 Å². The number of amides is 2. The maximum Gasteiger partial charge on any atom is 0.320 e. The van der Waals surface area contributed by atoms with Gasteiger partial charge in [0.1, 0.15) is 29.5 Å².